The molecule has 4 rings (SSSR count). The molecule has 4 aromatic rings. The number of nitrogens with zero attached hydrogens (tertiary/aromatic N) is 2. The van der Waals surface area contributed by atoms with E-state index in [2.05, 4.69) is 55.0 Å². The van der Waals surface area contributed by atoms with E-state index in [4.69, 9.17) is 9.47 Å². The predicted octanol–water partition coefficient (Wildman–Crippen LogP) is 6.14. The van der Waals surface area contributed by atoms with Gasteiger partial charge >= 0.3 is 0 Å². The van der Waals surface area contributed by atoms with E-state index in [1.807, 2.05) is 36.4 Å². The molecule has 1 aromatic heterocycles. The summed E-state index contributed by atoms with van der Waals surface area (Å²) in [6.07, 6.45) is 1.80. The summed E-state index contributed by atoms with van der Waals surface area (Å²) >= 11 is 0. The smallest absolute Gasteiger partial charge is 0.162 e. The van der Waals surface area contributed by atoms with Crippen molar-refractivity contribution in [1.82, 2.24) is 9.97 Å². The Morgan fingerprint density at radius 1 is 1.00 bits per heavy atom. The van der Waals surface area contributed by atoms with Crippen LogP contribution in [0, 0.1) is 32.1 Å². The average molecular weight is 424 g/mol. The quantitative estimate of drug-likeness (QED) is 0.378. The van der Waals surface area contributed by atoms with Crippen molar-refractivity contribution in [2.45, 2.75) is 27.4 Å². The van der Waals surface area contributed by atoms with E-state index in [0.29, 0.717) is 29.5 Å². The molecule has 0 fully saturated rings. The highest BCUT2D eigenvalue weighted by atomic mass is 16.5. The number of fused-ring (bicyclic) bond motifs is 1. The number of aromatic nitrogens is 2. The molecule has 160 valence electrons. The molecular weight excluding hydrogens is 398 g/mol. The zero-order chi connectivity index (χ0) is 22.7. The summed E-state index contributed by atoms with van der Waals surface area (Å²) < 4.78 is 11.5. The van der Waals surface area contributed by atoms with Crippen LogP contribution in [0.25, 0.3) is 22.7 Å². The molecule has 1 N–H and O–H groups in total. The second kappa shape index (κ2) is 8.99. The van der Waals surface area contributed by atoms with Crippen molar-refractivity contribution in [3.8, 4) is 17.6 Å². The minimum Gasteiger partial charge on any atom is -0.493 e. The molecule has 0 saturated heterocycles. The molecule has 32 heavy (non-hydrogen) atoms. The van der Waals surface area contributed by atoms with Crippen LogP contribution in [0.3, 0.4) is 0 Å². The Morgan fingerprint density at radius 3 is 2.47 bits per heavy atom. The van der Waals surface area contributed by atoms with E-state index in [9.17, 15) is 5.26 Å². The number of aromatic amines is 1. The Bertz CT molecular complexity index is 1300. The molecule has 0 bridgehead atoms. The topological polar surface area (TPSA) is 70.9 Å². The molecule has 5 nitrogen and oxygen atoms in total. The number of nitriles is 1. The van der Waals surface area contributed by atoms with E-state index < -0.39 is 0 Å². The first-order valence-electron chi connectivity index (χ1n) is 10.4. The highest BCUT2D eigenvalue weighted by Gasteiger charge is 2.11. The Balaban J connectivity index is 1.63. The van der Waals surface area contributed by atoms with Gasteiger partial charge in [0, 0.05) is 0 Å². The zero-order valence-electron chi connectivity index (χ0n) is 18.7. The van der Waals surface area contributed by atoms with Crippen molar-refractivity contribution in [2.75, 3.05) is 7.11 Å². The molecule has 0 radical (unpaired) electrons. The Hall–Kier alpha value is -4.04. The predicted molar refractivity (Wildman–Crippen MR) is 128 cm³/mol. The fourth-order valence-electron chi connectivity index (χ4n) is 3.46. The number of methoxy groups -OCH3 is 1. The maximum absolute atomic E-state index is 9.79. The summed E-state index contributed by atoms with van der Waals surface area (Å²) in [6.45, 7) is 6.60. The van der Waals surface area contributed by atoms with Gasteiger partial charge < -0.3 is 14.5 Å². The molecular formula is C27H25N3O2. The molecule has 3 aromatic carbocycles. The number of nitrogens with one attached hydrogen (secondary N) is 1. The SMILES string of the molecule is COc1ccc(/C=C(/C#N)c2nc3cc(C)c(C)cc3[nH]2)cc1OCc1ccc(C)cc1. The number of ether oxygens (including phenoxy) is 2. The lowest BCUT2D eigenvalue weighted by molar-refractivity contribution is 0.284. The normalized spacial score (nSPS) is 11.4. The Morgan fingerprint density at radius 2 is 1.75 bits per heavy atom. The van der Waals surface area contributed by atoms with Gasteiger partial charge in [-0.1, -0.05) is 35.9 Å². The second-order valence-corrected chi connectivity index (χ2v) is 7.89. The fourth-order valence-corrected chi connectivity index (χ4v) is 3.46. The van der Waals surface area contributed by atoms with E-state index >= 15 is 0 Å². The second-order valence-electron chi connectivity index (χ2n) is 7.89. The van der Waals surface area contributed by atoms with Crippen LogP contribution in [0.1, 0.15) is 33.6 Å². The van der Waals surface area contributed by atoms with Crippen molar-refractivity contribution in [3.05, 3.63) is 88.2 Å². The van der Waals surface area contributed by atoms with Crippen molar-refractivity contribution in [2.24, 2.45) is 0 Å². The maximum Gasteiger partial charge on any atom is 0.162 e. The van der Waals surface area contributed by atoms with Crippen LogP contribution in [0.15, 0.2) is 54.6 Å². The van der Waals surface area contributed by atoms with Crippen molar-refractivity contribution >= 4 is 22.7 Å². The monoisotopic (exact) mass is 423 g/mol. The molecule has 0 spiro atoms. The van der Waals surface area contributed by atoms with Crippen molar-refractivity contribution < 1.29 is 9.47 Å². The van der Waals surface area contributed by atoms with Crippen LogP contribution in [0.2, 0.25) is 0 Å². The van der Waals surface area contributed by atoms with Gasteiger partial charge in [-0.05, 0) is 73.4 Å². The van der Waals surface area contributed by atoms with E-state index in [1.54, 1.807) is 13.2 Å². The summed E-state index contributed by atoms with van der Waals surface area (Å²) in [7, 11) is 1.61. The molecule has 0 amide bonds. The van der Waals surface area contributed by atoms with E-state index in [0.717, 1.165) is 22.2 Å². The molecule has 1 heterocycles. The first kappa shape index (κ1) is 21.2. The minimum absolute atomic E-state index is 0.428. The highest BCUT2D eigenvalue weighted by molar-refractivity contribution is 5.90. The standard InChI is InChI=1S/C27H25N3O2/c1-17-5-7-20(8-6-17)16-32-26-14-21(9-10-25(26)31-4)13-22(15-28)27-29-23-11-18(2)19(3)12-24(23)30-27/h5-14H,16H2,1-4H3,(H,29,30)/b22-13-. The van der Waals surface area contributed by atoms with Gasteiger partial charge in [0.2, 0.25) is 0 Å². The minimum atomic E-state index is 0.428. The summed E-state index contributed by atoms with van der Waals surface area (Å²) in [5.41, 5.74) is 7.68. The van der Waals surface area contributed by atoms with Crippen LogP contribution in [0.4, 0.5) is 0 Å². The van der Waals surface area contributed by atoms with Gasteiger partial charge in [-0.2, -0.15) is 5.26 Å². The largest absolute Gasteiger partial charge is 0.493 e. The third-order valence-electron chi connectivity index (χ3n) is 5.49. The van der Waals surface area contributed by atoms with Crippen LogP contribution in [-0.2, 0) is 6.61 Å². The lowest BCUT2D eigenvalue weighted by Crippen LogP contribution is -1.98. The number of rotatable bonds is 6. The summed E-state index contributed by atoms with van der Waals surface area (Å²) in [5.74, 6) is 1.81. The molecule has 0 atom stereocenters. The first-order valence-corrected chi connectivity index (χ1v) is 10.4. The Labute approximate surface area is 188 Å². The number of allylic oxidation sites excluding steroid dienone is 1. The van der Waals surface area contributed by atoms with Crippen LogP contribution in [-0.4, -0.2) is 17.1 Å². The Kier molecular flexibility index (Phi) is 5.96. The average Bonchev–Trinajstić information content (AvgIpc) is 3.19. The summed E-state index contributed by atoms with van der Waals surface area (Å²) in [6, 6.07) is 20.2. The number of hydrogen-bond donors (Lipinski definition) is 1. The number of H-pyrrole nitrogens is 1. The highest BCUT2D eigenvalue weighted by Crippen LogP contribution is 2.31. The maximum atomic E-state index is 9.79. The van der Waals surface area contributed by atoms with Gasteiger partial charge in [-0.25, -0.2) is 4.98 Å². The van der Waals surface area contributed by atoms with Crippen molar-refractivity contribution in [3.63, 3.8) is 0 Å². The third-order valence-corrected chi connectivity index (χ3v) is 5.49. The number of aryl methyl sites for hydroxylation is 3. The van der Waals surface area contributed by atoms with Crippen molar-refractivity contribution in [1.29, 1.82) is 5.26 Å². The number of benzene rings is 3. The molecule has 0 aliphatic carbocycles. The molecule has 5 heteroatoms. The third kappa shape index (κ3) is 4.50. The lowest BCUT2D eigenvalue weighted by atomic mass is 10.1. The van der Waals surface area contributed by atoms with E-state index in [1.165, 1.54) is 16.7 Å². The number of imidazole rings is 1. The summed E-state index contributed by atoms with van der Waals surface area (Å²) in [5, 5.41) is 9.79. The van der Waals surface area contributed by atoms with Crippen LogP contribution < -0.4 is 9.47 Å². The fraction of sp³-hybridized carbons (Fsp3) is 0.185. The lowest BCUT2D eigenvalue weighted by Gasteiger charge is -2.12. The molecule has 0 unspecified atom stereocenters. The van der Waals surface area contributed by atoms with Crippen LogP contribution >= 0.6 is 0 Å². The summed E-state index contributed by atoms with van der Waals surface area (Å²) in [4.78, 5) is 7.88. The van der Waals surface area contributed by atoms with Gasteiger partial charge in [0.15, 0.2) is 11.5 Å². The van der Waals surface area contributed by atoms with Gasteiger partial charge in [0.25, 0.3) is 0 Å². The van der Waals surface area contributed by atoms with Gasteiger partial charge in [0.05, 0.1) is 23.7 Å². The molecule has 0 aliphatic rings. The van der Waals surface area contributed by atoms with Gasteiger partial charge in [-0.3, -0.25) is 0 Å². The van der Waals surface area contributed by atoms with Gasteiger partial charge in [0.1, 0.15) is 18.5 Å². The first-order chi connectivity index (χ1) is 15.5. The molecule has 0 aliphatic heterocycles. The van der Waals surface area contributed by atoms with E-state index in [-0.39, 0.29) is 0 Å². The number of hydrogen-bond acceptors (Lipinski definition) is 4. The zero-order valence-corrected chi connectivity index (χ0v) is 18.7. The molecule has 0 saturated carbocycles. The van der Waals surface area contributed by atoms with Crippen LogP contribution in [0.5, 0.6) is 11.5 Å². The van der Waals surface area contributed by atoms with Gasteiger partial charge in [-0.15, -0.1) is 0 Å².